The molecule has 18 heavy (non-hydrogen) atoms. The second kappa shape index (κ2) is 4.44. The lowest BCUT2D eigenvalue weighted by atomic mass is 10.1. The molecule has 0 saturated heterocycles. The average Bonchev–Trinajstić information content (AvgIpc) is 2.96. The smallest absolute Gasteiger partial charge is 0.226 e. The van der Waals surface area contributed by atoms with E-state index in [2.05, 4.69) is 15.0 Å². The molecule has 0 spiro atoms. The van der Waals surface area contributed by atoms with Gasteiger partial charge in [0.1, 0.15) is 6.10 Å². The van der Waals surface area contributed by atoms with Gasteiger partial charge in [0.05, 0.1) is 37.2 Å². The number of H-pyrrole nitrogens is 1. The molecular weight excluding hydrogens is 232 g/mol. The molecule has 0 saturated carbocycles. The van der Waals surface area contributed by atoms with Crippen molar-refractivity contribution >= 4 is 11.8 Å². The van der Waals surface area contributed by atoms with Crippen molar-refractivity contribution in [2.24, 2.45) is 4.99 Å². The SMILES string of the molecule is CC1=NCC(CC(=O)N2CCc3nc[nH]c3C2)O1. The van der Waals surface area contributed by atoms with Crippen molar-refractivity contribution in [2.75, 3.05) is 13.1 Å². The monoisotopic (exact) mass is 248 g/mol. The van der Waals surface area contributed by atoms with Crippen LogP contribution in [0.3, 0.4) is 0 Å². The van der Waals surface area contributed by atoms with Gasteiger partial charge in [-0.25, -0.2) is 4.98 Å². The maximum Gasteiger partial charge on any atom is 0.226 e. The predicted octanol–water partition coefficient (Wildman–Crippen LogP) is 0.502. The Morgan fingerprint density at radius 1 is 1.67 bits per heavy atom. The summed E-state index contributed by atoms with van der Waals surface area (Å²) < 4.78 is 5.46. The van der Waals surface area contributed by atoms with Crippen molar-refractivity contribution in [3.63, 3.8) is 0 Å². The number of nitrogens with zero attached hydrogens (tertiary/aromatic N) is 3. The average molecular weight is 248 g/mol. The van der Waals surface area contributed by atoms with Gasteiger partial charge >= 0.3 is 0 Å². The zero-order valence-electron chi connectivity index (χ0n) is 10.3. The summed E-state index contributed by atoms with van der Waals surface area (Å²) in [5.41, 5.74) is 2.13. The van der Waals surface area contributed by atoms with E-state index in [1.165, 1.54) is 0 Å². The summed E-state index contributed by atoms with van der Waals surface area (Å²) in [6.07, 6.45) is 2.84. The first kappa shape index (κ1) is 11.3. The number of ether oxygens (including phenoxy) is 1. The molecule has 0 aromatic carbocycles. The van der Waals surface area contributed by atoms with Crippen LogP contribution in [0.1, 0.15) is 24.7 Å². The van der Waals surface area contributed by atoms with Crippen LogP contribution in [-0.2, 0) is 22.5 Å². The van der Waals surface area contributed by atoms with Crippen LogP contribution in [0.5, 0.6) is 0 Å². The molecule has 96 valence electrons. The quantitative estimate of drug-likeness (QED) is 0.828. The Morgan fingerprint density at radius 3 is 3.33 bits per heavy atom. The van der Waals surface area contributed by atoms with Crippen molar-refractivity contribution in [3.8, 4) is 0 Å². The Hall–Kier alpha value is -1.85. The summed E-state index contributed by atoms with van der Waals surface area (Å²) in [4.78, 5) is 25.5. The first-order valence-corrected chi connectivity index (χ1v) is 6.19. The van der Waals surface area contributed by atoms with E-state index in [0.29, 0.717) is 25.4 Å². The van der Waals surface area contributed by atoms with E-state index in [4.69, 9.17) is 4.74 Å². The van der Waals surface area contributed by atoms with E-state index in [1.807, 2.05) is 11.8 Å². The lowest BCUT2D eigenvalue weighted by Gasteiger charge is -2.27. The predicted molar refractivity (Wildman–Crippen MR) is 65.2 cm³/mol. The second-order valence-electron chi connectivity index (χ2n) is 4.70. The van der Waals surface area contributed by atoms with Gasteiger partial charge in [0, 0.05) is 19.9 Å². The zero-order chi connectivity index (χ0) is 12.5. The molecule has 0 fully saturated rings. The van der Waals surface area contributed by atoms with E-state index in [9.17, 15) is 4.79 Å². The lowest BCUT2D eigenvalue weighted by molar-refractivity contribution is -0.133. The fourth-order valence-corrected chi connectivity index (χ4v) is 2.40. The normalized spacial score (nSPS) is 22.4. The van der Waals surface area contributed by atoms with Gasteiger partial charge in [-0.3, -0.25) is 9.79 Å². The highest BCUT2D eigenvalue weighted by Gasteiger charge is 2.26. The molecule has 1 N–H and O–H groups in total. The van der Waals surface area contributed by atoms with Crippen molar-refractivity contribution in [1.82, 2.24) is 14.9 Å². The second-order valence-corrected chi connectivity index (χ2v) is 4.70. The number of hydrogen-bond donors (Lipinski definition) is 1. The molecule has 0 bridgehead atoms. The largest absolute Gasteiger partial charge is 0.475 e. The molecule has 1 aromatic heterocycles. The molecule has 3 heterocycles. The van der Waals surface area contributed by atoms with Gasteiger partial charge in [0.2, 0.25) is 5.91 Å². The number of carbonyl (C=O) groups excluding carboxylic acids is 1. The number of fused-ring (bicyclic) bond motifs is 1. The fourth-order valence-electron chi connectivity index (χ4n) is 2.40. The van der Waals surface area contributed by atoms with Crippen LogP contribution in [0.25, 0.3) is 0 Å². The van der Waals surface area contributed by atoms with Gasteiger partial charge in [-0.05, 0) is 0 Å². The lowest BCUT2D eigenvalue weighted by Crippen LogP contribution is -2.38. The van der Waals surface area contributed by atoms with Crippen LogP contribution < -0.4 is 0 Å². The highest BCUT2D eigenvalue weighted by Crippen LogP contribution is 2.17. The van der Waals surface area contributed by atoms with Crippen molar-refractivity contribution in [2.45, 2.75) is 32.4 Å². The Balaban J connectivity index is 1.58. The number of carbonyl (C=O) groups is 1. The number of hydrogen-bond acceptors (Lipinski definition) is 4. The summed E-state index contributed by atoms with van der Waals surface area (Å²) in [5.74, 6) is 0.812. The summed E-state index contributed by atoms with van der Waals surface area (Å²) in [5, 5.41) is 0. The van der Waals surface area contributed by atoms with Crippen molar-refractivity contribution in [1.29, 1.82) is 0 Å². The van der Waals surface area contributed by atoms with Crippen LogP contribution in [0.2, 0.25) is 0 Å². The third-order valence-electron chi connectivity index (χ3n) is 3.38. The fraction of sp³-hybridized carbons (Fsp3) is 0.583. The summed E-state index contributed by atoms with van der Waals surface area (Å²) in [6, 6.07) is 0. The molecule has 6 heteroatoms. The maximum absolute atomic E-state index is 12.2. The number of aromatic nitrogens is 2. The van der Waals surface area contributed by atoms with E-state index >= 15 is 0 Å². The van der Waals surface area contributed by atoms with Gasteiger partial charge in [-0.1, -0.05) is 0 Å². The molecule has 2 aliphatic heterocycles. The number of imidazole rings is 1. The molecule has 1 unspecified atom stereocenters. The molecule has 0 radical (unpaired) electrons. The molecule has 0 aliphatic carbocycles. The number of rotatable bonds is 2. The van der Waals surface area contributed by atoms with Gasteiger partial charge in [-0.15, -0.1) is 0 Å². The number of amides is 1. The van der Waals surface area contributed by atoms with Crippen LogP contribution in [0.4, 0.5) is 0 Å². The van der Waals surface area contributed by atoms with Gasteiger partial charge < -0.3 is 14.6 Å². The number of aromatic amines is 1. The van der Waals surface area contributed by atoms with E-state index in [0.717, 1.165) is 24.4 Å². The van der Waals surface area contributed by atoms with Crippen molar-refractivity contribution < 1.29 is 9.53 Å². The summed E-state index contributed by atoms with van der Waals surface area (Å²) in [7, 11) is 0. The van der Waals surface area contributed by atoms with Gasteiger partial charge in [0.25, 0.3) is 0 Å². The highest BCUT2D eigenvalue weighted by molar-refractivity contribution is 5.79. The first-order chi connectivity index (χ1) is 8.72. The number of aliphatic imine (C=N–C) groups is 1. The molecule has 2 aliphatic rings. The van der Waals surface area contributed by atoms with Gasteiger partial charge in [-0.2, -0.15) is 0 Å². The van der Waals surface area contributed by atoms with E-state index < -0.39 is 0 Å². The minimum Gasteiger partial charge on any atom is -0.475 e. The summed E-state index contributed by atoms with van der Waals surface area (Å²) >= 11 is 0. The third-order valence-corrected chi connectivity index (χ3v) is 3.38. The maximum atomic E-state index is 12.2. The molecule has 1 amide bonds. The van der Waals surface area contributed by atoms with Crippen LogP contribution in [0.15, 0.2) is 11.3 Å². The molecular formula is C12H16N4O2. The van der Waals surface area contributed by atoms with Crippen LogP contribution in [0, 0.1) is 0 Å². The third kappa shape index (κ3) is 2.10. The highest BCUT2D eigenvalue weighted by atomic mass is 16.5. The summed E-state index contributed by atoms with van der Waals surface area (Å²) in [6.45, 7) is 3.78. The standard InChI is InChI=1S/C12H16N4O2/c1-8-13-5-9(18-8)4-12(17)16-3-2-10-11(6-16)15-7-14-10/h7,9H,2-6H2,1H3,(H,14,15). The molecule has 6 nitrogen and oxygen atoms in total. The Morgan fingerprint density at radius 2 is 2.56 bits per heavy atom. The van der Waals surface area contributed by atoms with E-state index in [1.54, 1.807) is 6.33 Å². The first-order valence-electron chi connectivity index (χ1n) is 6.19. The minimum absolute atomic E-state index is 0.0827. The Kier molecular flexibility index (Phi) is 2.77. The zero-order valence-corrected chi connectivity index (χ0v) is 10.3. The van der Waals surface area contributed by atoms with Crippen LogP contribution in [-0.4, -0.2) is 45.9 Å². The topological polar surface area (TPSA) is 70.6 Å². The number of nitrogens with one attached hydrogen (secondary N) is 1. The molecule has 1 atom stereocenters. The van der Waals surface area contributed by atoms with Gasteiger partial charge in [0.15, 0.2) is 5.90 Å². The van der Waals surface area contributed by atoms with Crippen LogP contribution >= 0.6 is 0 Å². The minimum atomic E-state index is -0.0827. The molecule has 3 rings (SSSR count). The Labute approximate surface area is 105 Å². The van der Waals surface area contributed by atoms with E-state index in [-0.39, 0.29) is 12.0 Å². The molecule has 1 aromatic rings. The Bertz CT molecular complexity index is 494. The van der Waals surface area contributed by atoms with Crippen molar-refractivity contribution in [3.05, 3.63) is 17.7 Å².